The average molecular weight is 288 g/mol. The summed E-state index contributed by atoms with van der Waals surface area (Å²) in [5, 5.41) is 25.4. The topological polar surface area (TPSA) is 112 Å². The molecule has 0 atom stereocenters. The van der Waals surface area contributed by atoms with Crippen LogP contribution in [0, 0.1) is 5.41 Å². The molecule has 1 aromatic heterocycles. The van der Waals surface area contributed by atoms with Gasteiger partial charge in [0.15, 0.2) is 17.3 Å². The standard InChI is InChI=1S/C9H7Cl2N5O2/c10-5-2-1-4(3-6(5)11)16(17)9(13)7-8(12)15-18-14-7/h1-3,13,17H,(H2,12,15). The van der Waals surface area contributed by atoms with Gasteiger partial charge >= 0.3 is 0 Å². The fourth-order valence-electron chi connectivity index (χ4n) is 1.21. The molecular weight excluding hydrogens is 281 g/mol. The molecule has 0 saturated carbocycles. The Hall–Kier alpha value is -1.83. The second-order valence-electron chi connectivity index (χ2n) is 3.26. The van der Waals surface area contributed by atoms with Crippen molar-refractivity contribution in [2.75, 3.05) is 10.8 Å². The van der Waals surface area contributed by atoms with Gasteiger partial charge in [0.2, 0.25) is 0 Å². The van der Waals surface area contributed by atoms with E-state index in [0.29, 0.717) is 10.1 Å². The Morgan fingerprint density at radius 3 is 2.61 bits per heavy atom. The summed E-state index contributed by atoms with van der Waals surface area (Å²) < 4.78 is 4.34. The second-order valence-corrected chi connectivity index (χ2v) is 4.07. The number of amidine groups is 1. The Kier molecular flexibility index (Phi) is 3.37. The first kappa shape index (κ1) is 12.6. The number of aromatic nitrogens is 2. The molecule has 2 rings (SSSR count). The van der Waals surface area contributed by atoms with Gasteiger partial charge < -0.3 is 5.73 Å². The number of rotatable bonds is 2. The fraction of sp³-hybridized carbons (Fsp3) is 0. The SMILES string of the molecule is N=C(c1nonc1N)N(O)c1ccc(Cl)c(Cl)c1. The number of hydrogen-bond acceptors (Lipinski definition) is 6. The first-order chi connectivity index (χ1) is 8.50. The minimum Gasteiger partial charge on any atom is -0.379 e. The molecule has 0 unspecified atom stereocenters. The third-order valence-electron chi connectivity index (χ3n) is 2.10. The maximum atomic E-state index is 9.84. The van der Waals surface area contributed by atoms with Crippen LogP contribution in [0.25, 0.3) is 0 Å². The molecule has 94 valence electrons. The van der Waals surface area contributed by atoms with Crippen molar-refractivity contribution in [3.63, 3.8) is 0 Å². The van der Waals surface area contributed by atoms with E-state index in [1.54, 1.807) is 0 Å². The molecule has 18 heavy (non-hydrogen) atoms. The summed E-state index contributed by atoms with van der Waals surface area (Å²) in [7, 11) is 0. The molecule has 4 N–H and O–H groups in total. The highest BCUT2D eigenvalue weighted by molar-refractivity contribution is 6.42. The van der Waals surface area contributed by atoms with E-state index in [-0.39, 0.29) is 22.2 Å². The van der Waals surface area contributed by atoms with Crippen molar-refractivity contribution in [3.8, 4) is 0 Å². The lowest BCUT2D eigenvalue weighted by Crippen LogP contribution is -2.28. The molecule has 0 aliphatic heterocycles. The molecule has 0 fully saturated rings. The molecule has 9 heteroatoms. The van der Waals surface area contributed by atoms with E-state index >= 15 is 0 Å². The summed E-state index contributed by atoms with van der Waals surface area (Å²) in [5.41, 5.74) is 5.57. The molecule has 7 nitrogen and oxygen atoms in total. The summed E-state index contributed by atoms with van der Waals surface area (Å²) in [6.07, 6.45) is 0. The van der Waals surface area contributed by atoms with Crippen molar-refractivity contribution in [1.82, 2.24) is 10.3 Å². The van der Waals surface area contributed by atoms with Crippen LogP contribution in [-0.4, -0.2) is 21.4 Å². The molecule has 0 aliphatic carbocycles. The Morgan fingerprint density at radius 1 is 1.33 bits per heavy atom. The van der Waals surface area contributed by atoms with Crippen molar-refractivity contribution in [2.45, 2.75) is 0 Å². The molecule has 0 spiro atoms. The number of nitrogen functional groups attached to an aromatic ring is 1. The van der Waals surface area contributed by atoms with E-state index in [9.17, 15) is 5.21 Å². The van der Waals surface area contributed by atoms with Gasteiger partial charge in [-0.3, -0.25) is 10.6 Å². The number of halogens is 2. The summed E-state index contributed by atoms with van der Waals surface area (Å²) in [6, 6.07) is 4.36. The highest BCUT2D eigenvalue weighted by Gasteiger charge is 2.19. The lowest BCUT2D eigenvalue weighted by atomic mass is 10.3. The van der Waals surface area contributed by atoms with Gasteiger partial charge in [-0.25, -0.2) is 9.69 Å². The number of benzene rings is 1. The van der Waals surface area contributed by atoms with E-state index < -0.39 is 5.84 Å². The Bertz CT molecular complexity index is 600. The number of anilines is 2. The zero-order chi connectivity index (χ0) is 13.3. The third kappa shape index (κ3) is 2.23. The smallest absolute Gasteiger partial charge is 0.199 e. The third-order valence-corrected chi connectivity index (χ3v) is 2.84. The second kappa shape index (κ2) is 4.81. The Labute approximate surface area is 111 Å². The van der Waals surface area contributed by atoms with Crippen LogP contribution >= 0.6 is 23.2 Å². The monoisotopic (exact) mass is 287 g/mol. The summed E-state index contributed by atoms with van der Waals surface area (Å²) in [5.74, 6) is -0.494. The molecule has 0 bridgehead atoms. The average Bonchev–Trinajstić information content (AvgIpc) is 2.77. The minimum absolute atomic E-state index is 0.0800. The van der Waals surface area contributed by atoms with Gasteiger partial charge in [0, 0.05) is 0 Å². The molecule has 2 aromatic rings. The highest BCUT2D eigenvalue weighted by Crippen LogP contribution is 2.27. The van der Waals surface area contributed by atoms with Gasteiger partial charge in [-0.1, -0.05) is 23.2 Å². The Balaban J connectivity index is 2.31. The maximum Gasteiger partial charge on any atom is 0.199 e. The van der Waals surface area contributed by atoms with E-state index in [1.165, 1.54) is 18.2 Å². The normalized spacial score (nSPS) is 10.4. The van der Waals surface area contributed by atoms with E-state index in [0.717, 1.165) is 0 Å². The van der Waals surface area contributed by atoms with Gasteiger partial charge in [-0.05, 0) is 28.5 Å². The Morgan fingerprint density at radius 2 is 2.06 bits per heavy atom. The van der Waals surface area contributed by atoms with Crippen molar-refractivity contribution in [3.05, 3.63) is 33.9 Å². The van der Waals surface area contributed by atoms with E-state index in [4.69, 9.17) is 34.3 Å². The van der Waals surface area contributed by atoms with Gasteiger partial charge in [0.05, 0.1) is 15.7 Å². The number of nitrogens with one attached hydrogen (secondary N) is 1. The number of nitrogens with two attached hydrogens (primary N) is 1. The van der Waals surface area contributed by atoms with Crippen LogP contribution in [0.15, 0.2) is 22.8 Å². The van der Waals surface area contributed by atoms with Crippen LogP contribution in [0.1, 0.15) is 5.69 Å². The molecule has 0 saturated heterocycles. The lowest BCUT2D eigenvalue weighted by molar-refractivity contribution is 0.300. The first-order valence-corrected chi connectivity index (χ1v) is 5.37. The maximum absolute atomic E-state index is 9.84. The van der Waals surface area contributed by atoms with Crippen LogP contribution in [0.4, 0.5) is 11.5 Å². The number of hydroxylamine groups is 1. The molecular formula is C9H7Cl2N5O2. The summed E-state index contributed by atoms with van der Waals surface area (Å²) in [4.78, 5) is 0. The highest BCUT2D eigenvalue weighted by atomic mass is 35.5. The zero-order valence-corrected chi connectivity index (χ0v) is 10.3. The predicted molar refractivity (Wildman–Crippen MR) is 66.3 cm³/mol. The minimum atomic E-state index is -0.396. The van der Waals surface area contributed by atoms with Crippen LogP contribution in [0.5, 0.6) is 0 Å². The first-order valence-electron chi connectivity index (χ1n) is 4.61. The quantitative estimate of drug-likeness (QED) is 0.443. The molecule has 1 aromatic carbocycles. The molecule has 0 aliphatic rings. The van der Waals surface area contributed by atoms with Gasteiger partial charge in [-0.2, -0.15) is 0 Å². The van der Waals surface area contributed by atoms with Crippen molar-refractivity contribution in [2.24, 2.45) is 0 Å². The van der Waals surface area contributed by atoms with E-state index in [1.807, 2.05) is 0 Å². The van der Waals surface area contributed by atoms with Gasteiger partial charge in [0.25, 0.3) is 0 Å². The van der Waals surface area contributed by atoms with Crippen molar-refractivity contribution in [1.29, 1.82) is 5.41 Å². The van der Waals surface area contributed by atoms with Crippen LogP contribution < -0.4 is 10.8 Å². The van der Waals surface area contributed by atoms with Gasteiger partial charge in [-0.15, -0.1) is 0 Å². The molecule has 1 heterocycles. The largest absolute Gasteiger partial charge is 0.379 e. The van der Waals surface area contributed by atoms with Crippen molar-refractivity contribution >= 4 is 40.5 Å². The lowest BCUT2D eigenvalue weighted by Gasteiger charge is -2.16. The number of hydrogen-bond donors (Lipinski definition) is 3. The fourth-order valence-corrected chi connectivity index (χ4v) is 1.50. The van der Waals surface area contributed by atoms with Crippen LogP contribution in [0.3, 0.4) is 0 Å². The van der Waals surface area contributed by atoms with Crippen LogP contribution in [0.2, 0.25) is 10.0 Å². The van der Waals surface area contributed by atoms with Crippen LogP contribution in [-0.2, 0) is 0 Å². The summed E-state index contributed by atoms with van der Waals surface area (Å²) >= 11 is 11.6. The van der Waals surface area contributed by atoms with Crippen molar-refractivity contribution < 1.29 is 9.84 Å². The zero-order valence-electron chi connectivity index (χ0n) is 8.76. The van der Waals surface area contributed by atoms with Gasteiger partial charge in [0.1, 0.15) is 0 Å². The van der Waals surface area contributed by atoms with E-state index in [2.05, 4.69) is 14.9 Å². The molecule has 0 amide bonds. The summed E-state index contributed by atoms with van der Waals surface area (Å²) in [6.45, 7) is 0. The number of nitrogens with zero attached hydrogens (tertiary/aromatic N) is 3. The molecule has 0 radical (unpaired) electrons. The predicted octanol–water partition coefficient (Wildman–Crippen LogP) is 2.18.